The fourth-order valence-corrected chi connectivity index (χ4v) is 6.83. The third-order valence-electron chi connectivity index (χ3n) is 8.94. The Hall–Kier alpha value is -6.73. The van der Waals surface area contributed by atoms with Gasteiger partial charge in [0.25, 0.3) is 5.69 Å². The number of hydrogen-bond acceptors (Lipinski definition) is 5. The number of para-hydroxylation sites is 2. The first-order valence-corrected chi connectivity index (χ1v) is 15.6. The first-order chi connectivity index (χ1) is 23.7. The average molecular weight is 620 g/mol. The van der Waals surface area contributed by atoms with E-state index in [4.69, 9.17) is 15.0 Å². The highest BCUT2D eigenvalue weighted by atomic mass is 16.6. The highest BCUT2D eigenvalue weighted by Gasteiger charge is 2.23. The summed E-state index contributed by atoms with van der Waals surface area (Å²) in [5.74, 6) is 1.70. The number of benzene rings is 7. The van der Waals surface area contributed by atoms with E-state index in [1.165, 1.54) is 0 Å². The van der Waals surface area contributed by atoms with Gasteiger partial charge in [-0.25, -0.2) is 4.98 Å². The molecular formula is C41H25N5O2. The minimum absolute atomic E-state index is 0.0807. The van der Waals surface area contributed by atoms with E-state index in [2.05, 4.69) is 41.0 Å². The fraction of sp³-hybridized carbons (Fsp3) is 0. The number of rotatable bonds is 5. The van der Waals surface area contributed by atoms with E-state index in [9.17, 15) is 10.1 Å². The monoisotopic (exact) mass is 619 g/mol. The lowest BCUT2D eigenvalue weighted by molar-refractivity contribution is -0.384. The molecule has 0 aliphatic rings. The van der Waals surface area contributed by atoms with Gasteiger partial charge in [0.05, 0.1) is 21.5 Å². The number of nitrogens with zero attached hydrogens (tertiary/aromatic N) is 5. The molecule has 9 aromatic rings. The lowest BCUT2D eigenvalue weighted by Gasteiger charge is -2.14. The molecular weight excluding hydrogens is 594 g/mol. The molecule has 7 nitrogen and oxygen atoms in total. The lowest BCUT2D eigenvalue weighted by atomic mass is 9.93. The van der Waals surface area contributed by atoms with Crippen LogP contribution in [-0.2, 0) is 0 Å². The first-order valence-electron chi connectivity index (χ1n) is 15.6. The van der Waals surface area contributed by atoms with Crippen molar-refractivity contribution in [2.45, 2.75) is 0 Å². The summed E-state index contributed by atoms with van der Waals surface area (Å²) in [6.45, 7) is 0. The van der Waals surface area contributed by atoms with Gasteiger partial charge in [0.15, 0.2) is 11.6 Å². The van der Waals surface area contributed by atoms with Crippen molar-refractivity contribution in [3.8, 4) is 39.9 Å². The Morgan fingerprint density at radius 3 is 1.77 bits per heavy atom. The van der Waals surface area contributed by atoms with Gasteiger partial charge < -0.3 is 0 Å². The van der Waals surface area contributed by atoms with Crippen molar-refractivity contribution in [3.05, 3.63) is 162 Å². The van der Waals surface area contributed by atoms with Crippen molar-refractivity contribution in [2.24, 2.45) is 0 Å². The highest BCUT2D eigenvalue weighted by molar-refractivity contribution is 6.32. The van der Waals surface area contributed by atoms with E-state index in [0.29, 0.717) is 23.2 Å². The standard InChI is InChI=1S/C41H25N5O2/c47-46(48)36-22-12-9-17-29(36)28-23-24-31-34(25-28)30-18-7-8-19-32(30)38-37(31)33-20-10-11-21-35(33)45(38)41-43-39(26-13-3-1-4-14-26)42-40(44-41)27-15-5-2-6-16-27/h1-25H. The van der Waals surface area contributed by atoms with Crippen molar-refractivity contribution in [1.29, 1.82) is 0 Å². The summed E-state index contributed by atoms with van der Waals surface area (Å²) in [6.07, 6.45) is 0. The number of fused-ring (bicyclic) bond motifs is 8. The van der Waals surface area contributed by atoms with Crippen LogP contribution in [0.15, 0.2) is 152 Å². The van der Waals surface area contributed by atoms with Crippen LogP contribution in [0.3, 0.4) is 0 Å². The molecule has 0 aliphatic carbocycles. The quantitative estimate of drug-likeness (QED) is 0.109. The lowest BCUT2D eigenvalue weighted by Crippen LogP contribution is -2.06. The Kier molecular flexibility index (Phi) is 6.30. The molecule has 0 atom stereocenters. The number of nitro benzene ring substituents is 1. The van der Waals surface area contributed by atoms with E-state index >= 15 is 0 Å². The minimum Gasteiger partial charge on any atom is -0.277 e. The van der Waals surface area contributed by atoms with E-state index in [1.54, 1.807) is 18.2 Å². The second kappa shape index (κ2) is 11.0. The molecule has 7 heteroatoms. The predicted molar refractivity (Wildman–Crippen MR) is 192 cm³/mol. The van der Waals surface area contributed by atoms with Crippen LogP contribution in [0.4, 0.5) is 5.69 Å². The van der Waals surface area contributed by atoms with Crippen LogP contribution in [0, 0.1) is 10.1 Å². The highest BCUT2D eigenvalue weighted by Crippen LogP contribution is 2.43. The van der Waals surface area contributed by atoms with Crippen LogP contribution in [0.1, 0.15) is 0 Å². The maximum atomic E-state index is 11.9. The van der Waals surface area contributed by atoms with Crippen LogP contribution < -0.4 is 0 Å². The molecule has 0 N–H and O–H groups in total. The molecule has 226 valence electrons. The maximum Gasteiger partial charge on any atom is 0.277 e. The van der Waals surface area contributed by atoms with Gasteiger partial charge in [-0.2, -0.15) is 9.97 Å². The zero-order valence-corrected chi connectivity index (χ0v) is 25.5. The summed E-state index contributed by atoms with van der Waals surface area (Å²) in [5.41, 5.74) is 5.22. The molecule has 0 saturated heterocycles. The Bertz CT molecular complexity index is 2650. The first kappa shape index (κ1) is 27.6. The minimum atomic E-state index is -0.323. The molecule has 0 saturated carbocycles. The van der Waals surface area contributed by atoms with Gasteiger partial charge in [0.2, 0.25) is 5.95 Å². The Morgan fingerprint density at radius 2 is 1.08 bits per heavy atom. The molecule has 0 spiro atoms. The normalized spacial score (nSPS) is 11.5. The summed E-state index contributed by atoms with van der Waals surface area (Å²) < 4.78 is 2.16. The summed E-state index contributed by atoms with van der Waals surface area (Å²) in [7, 11) is 0. The molecule has 2 heterocycles. The Balaban J connectivity index is 1.41. The number of nitro groups is 1. The second-order valence-electron chi connectivity index (χ2n) is 11.7. The summed E-state index contributed by atoms with van der Waals surface area (Å²) >= 11 is 0. The molecule has 9 rings (SSSR count). The van der Waals surface area contributed by atoms with Crippen molar-refractivity contribution >= 4 is 49.0 Å². The van der Waals surface area contributed by atoms with Crippen molar-refractivity contribution in [3.63, 3.8) is 0 Å². The third-order valence-corrected chi connectivity index (χ3v) is 8.94. The van der Waals surface area contributed by atoms with Gasteiger partial charge in [-0.15, -0.1) is 0 Å². The molecule has 7 aromatic carbocycles. The molecule has 2 aromatic heterocycles. The summed E-state index contributed by atoms with van der Waals surface area (Å²) in [4.78, 5) is 26.8. The smallest absolute Gasteiger partial charge is 0.277 e. The SMILES string of the molecule is O=[N+]([O-])c1ccccc1-c1ccc2c(c1)c1ccccc1c1c2c2ccccc2n1-c1nc(-c2ccccc2)nc(-c2ccccc2)n1. The van der Waals surface area contributed by atoms with Gasteiger partial charge in [-0.3, -0.25) is 14.7 Å². The molecule has 0 fully saturated rings. The number of aromatic nitrogens is 4. The predicted octanol–water partition coefficient (Wildman–Crippen LogP) is 10.2. The molecule has 0 radical (unpaired) electrons. The van der Waals surface area contributed by atoms with Gasteiger partial charge in [0.1, 0.15) is 0 Å². The van der Waals surface area contributed by atoms with Crippen molar-refractivity contribution in [2.75, 3.05) is 0 Å². The van der Waals surface area contributed by atoms with Gasteiger partial charge in [0, 0.05) is 33.4 Å². The molecule has 0 bridgehead atoms. The molecule has 0 unspecified atom stereocenters. The van der Waals surface area contributed by atoms with Gasteiger partial charge in [-0.1, -0.05) is 127 Å². The summed E-state index contributed by atoms with van der Waals surface area (Å²) in [5, 5.41) is 18.2. The van der Waals surface area contributed by atoms with Crippen molar-refractivity contribution in [1.82, 2.24) is 19.5 Å². The van der Waals surface area contributed by atoms with E-state index in [-0.39, 0.29) is 10.6 Å². The third kappa shape index (κ3) is 4.33. The van der Waals surface area contributed by atoms with E-state index < -0.39 is 0 Å². The van der Waals surface area contributed by atoms with Crippen molar-refractivity contribution < 1.29 is 4.92 Å². The molecule has 48 heavy (non-hydrogen) atoms. The summed E-state index contributed by atoms with van der Waals surface area (Å²) in [6, 6.07) is 49.6. The van der Waals surface area contributed by atoms with Crippen LogP contribution in [0.25, 0.3) is 83.2 Å². The number of hydrogen-bond donors (Lipinski definition) is 0. The van der Waals surface area contributed by atoms with E-state index in [0.717, 1.165) is 60.0 Å². The zero-order valence-electron chi connectivity index (χ0n) is 25.5. The molecule has 0 amide bonds. The molecule has 0 aliphatic heterocycles. The average Bonchev–Trinajstić information content (AvgIpc) is 3.51. The topological polar surface area (TPSA) is 86.7 Å². The van der Waals surface area contributed by atoms with Gasteiger partial charge in [-0.05, 0) is 39.9 Å². The van der Waals surface area contributed by atoms with Crippen LogP contribution >= 0.6 is 0 Å². The Labute approximate surface area is 274 Å². The van der Waals surface area contributed by atoms with Crippen LogP contribution in [-0.4, -0.2) is 24.4 Å². The zero-order chi connectivity index (χ0) is 32.2. The van der Waals surface area contributed by atoms with E-state index in [1.807, 2.05) is 97.1 Å². The Morgan fingerprint density at radius 1 is 0.500 bits per heavy atom. The maximum absolute atomic E-state index is 11.9. The van der Waals surface area contributed by atoms with Gasteiger partial charge >= 0.3 is 0 Å². The largest absolute Gasteiger partial charge is 0.277 e. The van der Waals surface area contributed by atoms with Crippen LogP contribution in [0.5, 0.6) is 0 Å². The second-order valence-corrected chi connectivity index (χ2v) is 11.7. The fourth-order valence-electron chi connectivity index (χ4n) is 6.83. The van der Waals surface area contributed by atoms with Crippen LogP contribution in [0.2, 0.25) is 0 Å².